The molecule has 0 aliphatic rings. The van der Waals surface area contributed by atoms with Gasteiger partial charge >= 0.3 is 0 Å². The Balaban J connectivity index is 1.88. The Morgan fingerprint density at radius 2 is 2.08 bits per heavy atom. The predicted molar refractivity (Wildman–Crippen MR) is 107 cm³/mol. The monoisotopic (exact) mass is 389 g/mol. The molecule has 136 valence electrons. The molecular formula is C18H19N3O3S2. The van der Waals surface area contributed by atoms with E-state index >= 15 is 0 Å². The van der Waals surface area contributed by atoms with Gasteiger partial charge in [-0.3, -0.25) is 0 Å². The molecule has 0 radical (unpaired) electrons. The van der Waals surface area contributed by atoms with Crippen molar-refractivity contribution in [2.45, 2.75) is 11.3 Å². The van der Waals surface area contributed by atoms with Crippen LogP contribution in [0.1, 0.15) is 5.56 Å². The Hall–Kier alpha value is -2.45. The predicted octanol–water partition coefficient (Wildman–Crippen LogP) is 2.97. The summed E-state index contributed by atoms with van der Waals surface area (Å²) in [4.78, 5) is 5.18. The van der Waals surface area contributed by atoms with Gasteiger partial charge in [0.1, 0.15) is 11.3 Å². The van der Waals surface area contributed by atoms with Crippen molar-refractivity contribution < 1.29 is 13.2 Å². The zero-order valence-electron chi connectivity index (χ0n) is 14.7. The lowest BCUT2D eigenvalue weighted by atomic mass is 10.1. The highest BCUT2D eigenvalue weighted by molar-refractivity contribution is 7.90. The van der Waals surface area contributed by atoms with Crippen LogP contribution in [0.3, 0.4) is 0 Å². The van der Waals surface area contributed by atoms with E-state index in [1.165, 1.54) is 12.3 Å². The van der Waals surface area contributed by atoms with E-state index in [4.69, 9.17) is 17.0 Å². The number of aromatic nitrogens is 2. The molecule has 0 atom stereocenters. The molecule has 0 fully saturated rings. The number of anilines is 1. The molecule has 1 aromatic heterocycles. The van der Waals surface area contributed by atoms with Crippen molar-refractivity contribution in [2.24, 2.45) is 7.05 Å². The van der Waals surface area contributed by atoms with Crippen LogP contribution in [-0.4, -0.2) is 36.3 Å². The molecule has 0 bridgehead atoms. The topological polar surface area (TPSA) is 73.2 Å². The van der Waals surface area contributed by atoms with Crippen molar-refractivity contribution in [3.8, 4) is 5.75 Å². The van der Waals surface area contributed by atoms with Gasteiger partial charge in [-0.2, -0.15) is 0 Å². The van der Waals surface area contributed by atoms with Crippen molar-refractivity contribution in [1.29, 1.82) is 0 Å². The first kappa shape index (κ1) is 18.3. The number of benzene rings is 2. The Bertz CT molecular complexity index is 1090. The van der Waals surface area contributed by atoms with Gasteiger partial charge in [0.2, 0.25) is 0 Å². The van der Waals surface area contributed by atoms with Crippen LogP contribution in [0.15, 0.2) is 47.6 Å². The number of fused-ring (bicyclic) bond motifs is 1. The molecule has 0 aliphatic carbocycles. The van der Waals surface area contributed by atoms with E-state index in [1.54, 1.807) is 25.6 Å². The average Bonchev–Trinajstić information content (AvgIpc) is 2.96. The molecule has 3 rings (SSSR count). The van der Waals surface area contributed by atoms with E-state index < -0.39 is 9.84 Å². The normalized spacial score (nSPS) is 11.5. The van der Waals surface area contributed by atoms with Gasteiger partial charge in [0.05, 0.1) is 34.5 Å². The van der Waals surface area contributed by atoms with Crippen LogP contribution in [0.2, 0.25) is 0 Å². The fraction of sp³-hybridized carbons (Fsp3) is 0.222. The third-order valence-corrected chi connectivity index (χ3v) is 5.42. The highest BCUT2D eigenvalue weighted by Gasteiger charge is 2.14. The SMILES string of the molecule is COc1ccc(S(C)(=O)=O)cc1CC(=S)Nc1cccc2c1ncn2C. The highest BCUT2D eigenvalue weighted by atomic mass is 32.2. The summed E-state index contributed by atoms with van der Waals surface area (Å²) in [6, 6.07) is 10.6. The van der Waals surface area contributed by atoms with Crippen molar-refractivity contribution in [3.05, 3.63) is 48.3 Å². The lowest BCUT2D eigenvalue weighted by Crippen LogP contribution is -2.13. The van der Waals surface area contributed by atoms with Crippen LogP contribution < -0.4 is 10.1 Å². The van der Waals surface area contributed by atoms with Gasteiger partial charge in [-0.15, -0.1) is 0 Å². The largest absolute Gasteiger partial charge is 0.496 e. The summed E-state index contributed by atoms with van der Waals surface area (Å²) in [5, 5.41) is 3.21. The zero-order valence-corrected chi connectivity index (χ0v) is 16.3. The summed E-state index contributed by atoms with van der Waals surface area (Å²) in [6.07, 6.45) is 3.28. The maximum Gasteiger partial charge on any atom is 0.175 e. The third-order valence-electron chi connectivity index (χ3n) is 4.06. The minimum Gasteiger partial charge on any atom is -0.496 e. The molecule has 0 amide bonds. The standard InChI is InChI=1S/C18H19N3O3S2/c1-21-11-19-18-14(5-4-6-15(18)21)20-17(25)10-12-9-13(26(3,22)23)7-8-16(12)24-2/h4-9,11H,10H2,1-3H3,(H,20,25). The van der Waals surface area contributed by atoms with E-state index in [1.807, 2.05) is 29.8 Å². The second kappa shape index (κ2) is 7.05. The number of rotatable bonds is 5. The van der Waals surface area contributed by atoms with Gasteiger partial charge in [-0.25, -0.2) is 13.4 Å². The minimum absolute atomic E-state index is 0.239. The number of hydrogen-bond acceptors (Lipinski definition) is 5. The first-order valence-corrected chi connectivity index (χ1v) is 10.2. The van der Waals surface area contributed by atoms with Gasteiger partial charge in [-0.05, 0) is 30.3 Å². The first-order chi connectivity index (χ1) is 12.3. The number of nitrogens with one attached hydrogen (secondary N) is 1. The van der Waals surface area contributed by atoms with Crippen molar-refractivity contribution in [2.75, 3.05) is 18.7 Å². The van der Waals surface area contributed by atoms with E-state index in [0.29, 0.717) is 22.7 Å². The van der Waals surface area contributed by atoms with Gasteiger partial charge in [0.15, 0.2) is 9.84 Å². The smallest absolute Gasteiger partial charge is 0.175 e. The summed E-state index contributed by atoms with van der Waals surface area (Å²) in [6.45, 7) is 0. The Labute approximate surface area is 157 Å². The van der Waals surface area contributed by atoms with Gasteiger partial charge < -0.3 is 14.6 Å². The lowest BCUT2D eigenvalue weighted by molar-refractivity contribution is 0.410. The number of imidazole rings is 1. The molecule has 0 unspecified atom stereocenters. The summed E-state index contributed by atoms with van der Waals surface area (Å²) in [7, 11) is 0.172. The average molecular weight is 390 g/mol. The molecule has 3 aromatic rings. The summed E-state index contributed by atoms with van der Waals surface area (Å²) in [5.41, 5.74) is 3.34. The van der Waals surface area contributed by atoms with Crippen LogP contribution in [0, 0.1) is 0 Å². The van der Waals surface area contributed by atoms with Crippen molar-refractivity contribution in [3.63, 3.8) is 0 Å². The van der Waals surface area contributed by atoms with Crippen LogP contribution in [0.4, 0.5) is 5.69 Å². The van der Waals surface area contributed by atoms with Crippen LogP contribution in [0.5, 0.6) is 5.75 Å². The Morgan fingerprint density at radius 3 is 2.77 bits per heavy atom. The number of methoxy groups -OCH3 is 1. The van der Waals surface area contributed by atoms with Crippen molar-refractivity contribution >= 4 is 43.8 Å². The minimum atomic E-state index is -3.30. The van der Waals surface area contributed by atoms with Gasteiger partial charge in [0, 0.05) is 25.3 Å². The van der Waals surface area contributed by atoms with Gasteiger partial charge in [0.25, 0.3) is 0 Å². The number of nitrogens with zero attached hydrogens (tertiary/aromatic N) is 2. The Morgan fingerprint density at radius 1 is 1.31 bits per heavy atom. The second-order valence-electron chi connectivity index (χ2n) is 6.00. The molecule has 0 saturated heterocycles. The zero-order chi connectivity index (χ0) is 18.9. The molecular weight excluding hydrogens is 370 g/mol. The molecule has 0 saturated carbocycles. The van der Waals surface area contributed by atoms with Gasteiger partial charge in [-0.1, -0.05) is 18.3 Å². The Kier molecular flexibility index (Phi) is 4.97. The quantitative estimate of drug-likeness (QED) is 0.677. The van der Waals surface area contributed by atoms with E-state index in [2.05, 4.69) is 10.3 Å². The number of thiocarbonyl (C=S) groups is 1. The molecule has 1 N–H and O–H groups in total. The lowest BCUT2D eigenvalue weighted by Gasteiger charge is -2.13. The van der Waals surface area contributed by atoms with Crippen LogP contribution in [0.25, 0.3) is 11.0 Å². The fourth-order valence-corrected chi connectivity index (χ4v) is 3.69. The number of para-hydroxylation sites is 1. The number of sulfone groups is 1. The molecule has 26 heavy (non-hydrogen) atoms. The highest BCUT2D eigenvalue weighted by Crippen LogP contribution is 2.25. The fourth-order valence-electron chi connectivity index (χ4n) is 2.75. The molecule has 1 heterocycles. The van der Waals surface area contributed by atoms with E-state index in [-0.39, 0.29) is 4.90 Å². The van der Waals surface area contributed by atoms with Crippen LogP contribution in [-0.2, 0) is 23.3 Å². The molecule has 6 nitrogen and oxygen atoms in total. The molecule has 0 spiro atoms. The molecule has 0 aliphatic heterocycles. The second-order valence-corrected chi connectivity index (χ2v) is 8.51. The first-order valence-electron chi connectivity index (χ1n) is 7.86. The third kappa shape index (κ3) is 3.71. The van der Waals surface area contributed by atoms with Crippen molar-refractivity contribution in [1.82, 2.24) is 9.55 Å². The maximum atomic E-state index is 11.8. The maximum absolute atomic E-state index is 11.8. The van der Waals surface area contributed by atoms with E-state index in [9.17, 15) is 8.42 Å². The molecule has 2 aromatic carbocycles. The van der Waals surface area contributed by atoms with E-state index in [0.717, 1.165) is 16.7 Å². The molecule has 8 heteroatoms. The number of ether oxygens (including phenoxy) is 1. The number of aryl methyl sites for hydroxylation is 1. The van der Waals surface area contributed by atoms with Crippen LogP contribution >= 0.6 is 12.2 Å². The summed E-state index contributed by atoms with van der Waals surface area (Å²) < 4.78 is 30.9. The summed E-state index contributed by atoms with van der Waals surface area (Å²) >= 11 is 5.48. The summed E-state index contributed by atoms with van der Waals surface area (Å²) in [5.74, 6) is 0.595. The number of hydrogen-bond donors (Lipinski definition) is 1.